The number of aromatic nitrogens is 5. The van der Waals surface area contributed by atoms with Crippen LogP contribution in [0.2, 0.25) is 0 Å². The van der Waals surface area contributed by atoms with Gasteiger partial charge in [-0.2, -0.15) is 0 Å². The zero-order chi connectivity index (χ0) is 14.7. The summed E-state index contributed by atoms with van der Waals surface area (Å²) in [6, 6.07) is 7.61. The lowest BCUT2D eigenvalue weighted by molar-refractivity contribution is -0.117. The number of H-pyrrole nitrogens is 1. The van der Waals surface area contributed by atoms with Crippen LogP contribution in [0.4, 0.5) is 5.95 Å². The Labute approximate surface area is 121 Å². The van der Waals surface area contributed by atoms with E-state index in [1.54, 1.807) is 6.20 Å². The van der Waals surface area contributed by atoms with Gasteiger partial charge in [0.1, 0.15) is 6.54 Å². The Morgan fingerprint density at radius 3 is 3.05 bits per heavy atom. The highest BCUT2D eigenvalue weighted by Gasteiger charge is 2.09. The molecule has 0 fully saturated rings. The number of aryl methyl sites for hydroxylation is 1. The lowest BCUT2D eigenvalue weighted by Crippen LogP contribution is -2.19. The van der Waals surface area contributed by atoms with E-state index in [-0.39, 0.29) is 12.5 Å². The fourth-order valence-electron chi connectivity index (χ4n) is 2.12. The molecule has 0 aliphatic heterocycles. The molecule has 0 aliphatic carbocycles. The molecule has 0 radical (unpaired) electrons. The zero-order valence-electron chi connectivity index (χ0n) is 11.7. The summed E-state index contributed by atoms with van der Waals surface area (Å²) in [5, 5.41) is 10.7. The van der Waals surface area contributed by atoms with E-state index in [4.69, 9.17) is 0 Å². The van der Waals surface area contributed by atoms with Crippen molar-refractivity contribution in [3.05, 3.63) is 36.2 Å². The van der Waals surface area contributed by atoms with Gasteiger partial charge >= 0.3 is 0 Å². The Morgan fingerprint density at radius 2 is 2.24 bits per heavy atom. The summed E-state index contributed by atoms with van der Waals surface area (Å²) < 4.78 is 1.53. The summed E-state index contributed by atoms with van der Waals surface area (Å²) in [5.74, 6) is 0.247. The van der Waals surface area contributed by atoms with Crippen LogP contribution in [0.5, 0.6) is 0 Å². The molecule has 0 spiro atoms. The maximum absolute atomic E-state index is 12.0. The monoisotopic (exact) mass is 284 g/mol. The van der Waals surface area contributed by atoms with Crippen molar-refractivity contribution in [1.82, 2.24) is 25.0 Å². The number of hydrogen-bond acceptors (Lipinski definition) is 4. The number of benzene rings is 1. The van der Waals surface area contributed by atoms with Crippen LogP contribution < -0.4 is 5.32 Å². The molecule has 2 heterocycles. The number of imidazole rings is 1. The van der Waals surface area contributed by atoms with Gasteiger partial charge in [0.2, 0.25) is 11.9 Å². The minimum absolute atomic E-state index is 0.119. The number of anilines is 1. The van der Waals surface area contributed by atoms with Crippen molar-refractivity contribution in [2.75, 3.05) is 5.32 Å². The molecule has 21 heavy (non-hydrogen) atoms. The van der Waals surface area contributed by atoms with Gasteiger partial charge in [0, 0.05) is 6.20 Å². The van der Waals surface area contributed by atoms with E-state index in [0.717, 1.165) is 29.6 Å². The summed E-state index contributed by atoms with van der Waals surface area (Å²) in [6.07, 6.45) is 3.66. The molecule has 3 aromatic rings. The summed E-state index contributed by atoms with van der Waals surface area (Å²) >= 11 is 0. The van der Waals surface area contributed by atoms with Gasteiger partial charge in [0.15, 0.2) is 0 Å². The first-order valence-corrected chi connectivity index (χ1v) is 6.88. The molecule has 108 valence electrons. The van der Waals surface area contributed by atoms with Crippen molar-refractivity contribution in [1.29, 1.82) is 0 Å². The standard InChI is InChI=1S/C14H16N6O/c1-2-5-10-8-20(19-18-10)9-13(21)17-14-15-11-6-3-4-7-12(11)16-14/h3-4,6-8H,2,5,9H2,1H3,(H2,15,16,17,21). The van der Waals surface area contributed by atoms with Crippen molar-refractivity contribution in [3.8, 4) is 0 Å². The Morgan fingerprint density at radius 1 is 1.38 bits per heavy atom. The van der Waals surface area contributed by atoms with E-state index in [1.807, 2.05) is 24.3 Å². The van der Waals surface area contributed by atoms with Gasteiger partial charge in [-0.25, -0.2) is 9.67 Å². The van der Waals surface area contributed by atoms with Gasteiger partial charge in [0.25, 0.3) is 0 Å². The normalized spacial score (nSPS) is 10.9. The lowest BCUT2D eigenvalue weighted by atomic mass is 10.3. The Balaban J connectivity index is 1.65. The second kappa shape index (κ2) is 5.74. The van der Waals surface area contributed by atoms with Crippen molar-refractivity contribution in [3.63, 3.8) is 0 Å². The molecule has 3 rings (SSSR count). The highest BCUT2D eigenvalue weighted by molar-refractivity contribution is 5.90. The molecule has 0 bridgehead atoms. The van der Waals surface area contributed by atoms with Gasteiger partial charge in [-0.05, 0) is 18.6 Å². The van der Waals surface area contributed by atoms with Crippen molar-refractivity contribution >= 4 is 22.9 Å². The van der Waals surface area contributed by atoms with Crippen LogP contribution in [0.25, 0.3) is 11.0 Å². The highest BCUT2D eigenvalue weighted by atomic mass is 16.2. The molecule has 0 saturated carbocycles. The Hall–Kier alpha value is -2.70. The molecule has 7 nitrogen and oxygen atoms in total. The number of aromatic amines is 1. The maximum atomic E-state index is 12.0. The fraction of sp³-hybridized carbons (Fsp3) is 0.286. The molecule has 7 heteroatoms. The molecule has 0 saturated heterocycles. The van der Waals surface area contributed by atoms with Gasteiger partial charge in [-0.3, -0.25) is 10.1 Å². The van der Waals surface area contributed by atoms with E-state index >= 15 is 0 Å². The van der Waals surface area contributed by atoms with Crippen LogP contribution in [0, 0.1) is 0 Å². The summed E-state index contributed by atoms with van der Waals surface area (Å²) in [7, 11) is 0. The van der Waals surface area contributed by atoms with E-state index in [2.05, 4.69) is 32.5 Å². The first kappa shape index (κ1) is 13.3. The largest absolute Gasteiger partial charge is 0.324 e. The molecular formula is C14H16N6O. The predicted octanol–water partition coefficient (Wildman–Crippen LogP) is 1.75. The minimum atomic E-state index is -0.193. The number of amides is 1. The van der Waals surface area contributed by atoms with Crippen LogP contribution in [0.15, 0.2) is 30.5 Å². The third-order valence-corrected chi connectivity index (χ3v) is 3.05. The highest BCUT2D eigenvalue weighted by Crippen LogP contribution is 2.13. The van der Waals surface area contributed by atoms with E-state index in [1.165, 1.54) is 4.68 Å². The second-order valence-corrected chi connectivity index (χ2v) is 4.81. The Kier molecular flexibility index (Phi) is 3.63. The third-order valence-electron chi connectivity index (χ3n) is 3.05. The van der Waals surface area contributed by atoms with E-state index in [0.29, 0.717) is 5.95 Å². The van der Waals surface area contributed by atoms with Crippen LogP contribution in [-0.2, 0) is 17.8 Å². The molecular weight excluding hydrogens is 268 g/mol. The lowest BCUT2D eigenvalue weighted by Gasteiger charge is -2.00. The number of nitrogens with zero attached hydrogens (tertiary/aromatic N) is 4. The van der Waals surface area contributed by atoms with Crippen LogP contribution in [0.3, 0.4) is 0 Å². The van der Waals surface area contributed by atoms with Crippen LogP contribution >= 0.6 is 0 Å². The number of hydrogen-bond donors (Lipinski definition) is 2. The van der Waals surface area contributed by atoms with Gasteiger partial charge in [-0.15, -0.1) is 5.10 Å². The SMILES string of the molecule is CCCc1cn(CC(=O)Nc2nc3ccccc3[nH]2)nn1. The smallest absolute Gasteiger partial charge is 0.248 e. The number of fused-ring (bicyclic) bond motifs is 1. The fourth-order valence-corrected chi connectivity index (χ4v) is 2.12. The van der Waals surface area contributed by atoms with Gasteiger partial charge in [-0.1, -0.05) is 30.7 Å². The zero-order valence-corrected chi connectivity index (χ0v) is 11.7. The third kappa shape index (κ3) is 3.07. The molecule has 1 aromatic carbocycles. The molecule has 2 aromatic heterocycles. The minimum Gasteiger partial charge on any atom is -0.324 e. The molecule has 0 unspecified atom stereocenters. The van der Waals surface area contributed by atoms with Crippen LogP contribution in [-0.4, -0.2) is 30.9 Å². The quantitative estimate of drug-likeness (QED) is 0.747. The molecule has 0 aliphatic rings. The van der Waals surface area contributed by atoms with Crippen LogP contribution in [0.1, 0.15) is 19.0 Å². The maximum Gasteiger partial charge on any atom is 0.248 e. The molecule has 2 N–H and O–H groups in total. The number of nitrogens with one attached hydrogen (secondary N) is 2. The molecule has 0 atom stereocenters. The topological polar surface area (TPSA) is 88.5 Å². The average molecular weight is 284 g/mol. The first-order chi connectivity index (χ1) is 10.2. The van der Waals surface area contributed by atoms with Crippen molar-refractivity contribution < 1.29 is 4.79 Å². The second-order valence-electron chi connectivity index (χ2n) is 4.81. The van der Waals surface area contributed by atoms with Crippen molar-refractivity contribution in [2.24, 2.45) is 0 Å². The number of para-hydroxylation sites is 2. The summed E-state index contributed by atoms with van der Waals surface area (Å²) in [6.45, 7) is 2.20. The average Bonchev–Trinajstić information content (AvgIpc) is 3.05. The molecule has 1 amide bonds. The van der Waals surface area contributed by atoms with Gasteiger partial charge in [0.05, 0.1) is 16.7 Å². The van der Waals surface area contributed by atoms with Gasteiger partial charge < -0.3 is 4.98 Å². The Bertz CT molecular complexity index is 727. The number of carbonyl (C=O) groups excluding carboxylic acids is 1. The van der Waals surface area contributed by atoms with Crippen molar-refractivity contribution in [2.45, 2.75) is 26.3 Å². The summed E-state index contributed by atoms with van der Waals surface area (Å²) in [5.41, 5.74) is 2.60. The number of carbonyl (C=O) groups is 1. The first-order valence-electron chi connectivity index (χ1n) is 6.88. The predicted molar refractivity (Wildman–Crippen MR) is 78.7 cm³/mol. The summed E-state index contributed by atoms with van der Waals surface area (Å²) in [4.78, 5) is 19.3. The van der Waals surface area contributed by atoms with E-state index < -0.39 is 0 Å². The number of rotatable bonds is 5. The van der Waals surface area contributed by atoms with E-state index in [9.17, 15) is 4.79 Å².